The Labute approximate surface area is 257 Å². The zero-order valence-corrected chi connectivity index (χ0v) is 25.1. The van der Waals surface area contributed by atoms with E-state index in [4.69, 9.17) is 4.74 Å². The van der Waals surface area contributed by atoms with Gasteiger partial charge in [-0.15, -0.1) is 11.8 Å². The van der Waals surface area contributed by atoms with Crippen molar-refractivity contribution in [1.82, 2.24) is 10.3 Å². The van der Waals surface area contributed by atoms with Crippen LogP contribution in [0, 0.1) is 6.92 Å². The van der Waals surface area contributed by atoms with Gasteiger partial charge in [-0.2, -0.15) is 0 Å². The van der Waals surface area contributed by atoms with Crippen molar-refractivity contribution in [2.24, 2.45) is 0 Å². The molecule has 0 aliphatic heterocycles. The van der Waals surface area contributed by atoms with E-state index >= 15 is 0 Å². The summed E-state index contributed by atoms with van der Waals surface area (Å²) in [7, 11) is 1.58. The van der Waals surface area contributed by atoms with Gasteiger partial charge in [0.15, 0.2) is 5.13 Å². The van der Waals surface area contributed by atoms with Crippen molar-refractivity contribution in [3.63, 3.8) is 0 Å². The van der Waals surface area contributed by atoms with Gasteiger partial charge < -0.3 is 20.7 Å². The van der Waals surface area contributed by atoms with Crippen molar-refractivity contribution in [2.45, 2.75) is 11.8 Å². The van der Waals surface area contributed by atoms with Crippen LogP contribution in [0.25, 0.3) is 16.3 Å². The number of rotatable bonds is 10. The van der Waals surface area contributed by atoms with Gasteiger partial charge in [-0.3, -0.25) is 14.4 Å². The molecule has 0 aliphatic rings. The van der Waals surface area contributed by atoms with Crippen LogP contribution in [0.15, 0.2) is 108 Å². The number of methoxy groups -OCH3 is 1. The van der Waals surface area contributed by atoms with Crippen LogP contribution in [0.1, 0.15) is 21.5 Å². The molecule has 0 saturated heterocycles. The van der Waals surface area contributed by atoms with Gasteiger partial charge in [0.1, 0.15) is 11.4 Å². The third-order valence-electron chi connectivity index (χ3n) is 6.21. The number of anilines is 2. The third-order valence-corrected chi connectivity index (χ3v) is 8.14. The summed E-state index contributed by atoms with van der Waals surface area (Å²) >= 11 is 2.78. The number of hydrogen-bond donors (Lipinski definition) is 3. The molecule has 0 fully saturated rings. The number of nitrogens with one attached hydrogen (secondary N) is 3. The van der Waals surface area contributed by atoms with E-state index in [0.717, 1.165) is 20.7 Å². The highest BCUT2D eigenvalue weighted by molar-refractivity contribution is 8.00. The molecule has 0 unspecified atom stereocenters. The number of thioether (sulfide) groups is 1. The molecule has 1 heterocycles. The number of benzene rings is 4. The highest BCUT2D eigenvalue weighted by Gasteiger charge is 2.16. The van der Waals surface area contributed by atoms with Crippen LogP contribution in [-0.2, 0) is 9.59 Å². The fraction of sp³-hybridized carbons (Fsp3) is 0.0909. The molecule has 3 amide bonds. The quantitative estimate of drug-likeness (QED) is 0.120. The van der Waals surface area contributed by atoms with Crippen LogP contribution in [0.3, 0.4) is 0 Å². The topological polar surface area (TPSA) is 109 Å². The van der Waals surface area contributed by atoms with Crippen molar-refractivity contribution < 1.29 is 19.1 Å². The number of nitrogens with zero attached hydrogens (tertiary/aromatic N) is 1. The van der Waals surface area contributed by atoms with E-state index < -0.39 is 11.8 Å². The van der Waals surface area contributed by atoms with Crippen LogP contribution in [0.4, 0.5) is 10.8 Å². The molecular formula is C33H28N4O4S2. The van der Waals surface area contributed by atoms with Crippen LogP contribution < -0.4 is 20.7 Å². The Morgan fingerprint density at radius 2 is 1.70 bits per heavy atom. The number of amides is 3. The Kier molecular flexibility index (Phi) is 9.50. The lowest BCUT2D eigenvalue weighted by Crippen LogP contribution is -2.30. The summed E-state index contributed by atoms with van der Waals surface area (Å²) in [6, 6.07) is 28.9. The predicted molar refractivity (Wildman–Crippen MR) is 174 cm³/mol. The van der Waals surface area contributed by atoms with Gasteiger partial charge in [0.2, 0.25) is 5.91 Å². The van der Waals surface area contributed by atoms with Crippen molar-refractivity contribution in [3.8, 4) is 5.75 Å². The highest BCUT2D eigenvalue weighted by Crippen LogP contribution is 2.27. The Balaban J connectivity index is 1.25. The molecular weight excluding hydrogens is 581 g/mol. The van der Waals surface area contributed by atoms with Crippen LogP contribution in [0.2, 0.25) is 0 Å². The molecule has 5 rings (SSSR count). The molecule has 3 N–H and O–H groups in total. The second kappa shape index (κ2) is 13.8. The first-order valence-corrected chi connectivity index (χ1v) is 15.1. The molecule has 8 nitrogen and oxygen atoms in total. The van der Waals surface area contributed by atoms with Gasteiger partial charge in [-0.05, 0) is 78.7 Å². The number of carbonyl (C=O) groups is 3. The van der Waals surface area contributed by atoms with E-state index in [1.165, 1.54) is 23.1 Å². The third kappa shape index (κ3) is 8.09. The van der Waals surface area contributed by atoms with Gasteiger partial charge >= 0.3 is 0 Å². The second-order valence-electron chi connectivity index (χ2n) is 9.46. The van der Waals surface area contributed by atoms with E-state index in [9.17, 15) is 14.4 Å². The fourth-order valence-electron chi connectivity index (χ4n) is 4.06. The first-order valence-electron chi connectivity index (χ1n) is 13.3. The smallest absolute Gasteiger partial charge is 0.272 e. The molecule has 0 atom stereocenters. The van der Waals surface area contributed by atoms with Gasteiger partial charge in [0, 0.05) is 16.1 Å². The summed E-state index contributed by atoms with van der Waals surface area (Å²) in [4.78, 5) is 44.2. The molecule has 0 spiro atoms. The minimum absolute atomic E-state index is 0.0717. The van der Waals surface area contributed by atoms with E-state index in [1.54, 1.807) is 79.9 Å². The molecule has 216 valence electrons. The van der Waals surface area contributed by atoms with Crippen molar-refractivity contribution >= 4 is 67.9 Å². The Bertz CT molecular complexity index is 1800. The number of hydrogen-bond acceptors (Lipinski definition) is 7. The molecule has 0 saturated carbocycles. The largest absolute Gasteiger partial charge is 0.497 e. The van der Waals surface area contributed by atoms with Gasteiger partial charge in [0.25, 0.3) is 11.8 Å². The van der Waals surface area contributed by atoms with Crippen LogP contribution >= 0.6 is 23.1 Å². The zero-order chi connectivity index (χ0) is 30.2. The maximum absolute atomic E-state index is 13.4. The van der Waals surface area contributed by atoms with Crippen molar-refractivity contribution in [2.75, 3.05) is 23.5 Å². The average Bonchev–Trinajstić information content (AvgIpc) is 3.41. The first kappa shape index (κ1) is 29.6. The van der Waals surface area contributed by atoms with Crippen LogP contribution in [0.5, 0.6) is 5.75 Å². The summed E-state index contributed by atoms with van der Waals surface area (Å²) in [5.41, 5.74) is 3.71. The molecule has 0 aliphatic carbocycles. The first-order chi connectivity index (χ1) is 20.9. The molecule has 1 aromatic heterocycles. The molecule has 4 aromatic carbocycles. The highest BCUT2D eigenvalue weighted by atomic mass is 32.2. The SMILES string of the molecule is COc1ccc(/C=C(/NC(=O)c2ccccc2)C(=O)Nc2cccc(SCC(=O)Nc3nc4ccc(C)cc4s3)c2)cc1. The van der Waals surface area contributed by atoms with Gasteiger partial charge in [0.05, 0.1) is 23.1 Å². The maximum atomic E-state index is 13.4. The summed E-state index contributed by atoms with van der Waals surface area (Å²) in [5.74, 6) is -0.236. The lowest BCUT2D eigenvalue weighted by Gasteiger charge is -2.12. The zero-order valence-electron chi connectivity index (χ0n) is 23.4. The van der Waals surface area contributed by atoms with E-state index in [1.807, 2.05) is 37.3 Å². The van der Waals surface area contributed by atoms with Crippen molar-refractivity contribution in [3.05, 3.63) is 119 Å². The molecule has 0 bridgehead atoms. The lowest BCUT2D eigenvalue weighted by molar-refractivity contribution is -0.114. The maximum Gasteiger partial charge on any atom is 0.272 e. The van der Waals surface area contributed by atoms with Gasteiger partial charge in [-0.25, -0.2) is 4.98 Å². The Morgan fingerprint density at radius 3 is 2.47 bits per heavy atom. The van der Waals surface area contributed by atoms with Crippen LogP contribution in [-0.4, -0.2) is 35.6 Å². The molecule has 5 aromatic rings. The minimum atomic E-state index is -0.494. The van der Waals surface area contributed by atoms with E-state index in [0.29, 0.717) is 27.7 Å². The fourth-order valence-corrected chi connectivity index (χ4v) is 5.80. The molecule has 43 heavy (non-hydrogen) atoms. The number of thiazole rings is 1. The van der Waals surface area contributed by atoms with Gasteiger partial charge in [-0.1, -0.05) is 53.8 Å². The lowest BCUT2D eigenvalue weighted by atomic mass is 10.1. The standard InChI is InChI=1S/C33H28N4O4S2/c1-21-11-16-27-29(17-21)43-33(36-27)37-30(38)20-42-26-10-6-9-24(19-26)34-32(40)28(18-22-12-14-25(41-2)15-13-22)35-31(39)23-7-4-3-5-8-23/h3-19H,20H2,1-2H3,(H,34,40)(H,35,39)(H,36,37,38)/b28-18+. The minimum Gasteiger partial charge on any atom is -0.497 e. The summed E-state index contributed by atoms with van der Waals surface area (Å²) in [6.45, 7) is 2.02. The Hall–Kier alpha value is -4.93. The number of ether oxygens (including phenoxy) is 1. The number of fused-ring (bicyclic) bond motifs is 1. The second-order valence-corrected chi connectivity index (χ2v) is 11.5. The monoisotopic (exact) mass is 608 g/mol. The average molecular weight is 609 g/mol. The van der Waals surface area contributed by atoms with E-state index in [2.05, 4.69) is 20.9 Å². The summed E-state index contributed by atoms with van der Waals surface area (Å²) in [5, 5.41) is 9.02. The van der Waals surface area contributed by atoms with Crippen molar-refractivity contribution in [1.29, 1.82) is 0 Å². The Morgan fingerprint density at radius 1 is 0.907 bits per heavy atom. The number of carbonyl (C=O) groups excluding carboxylic acids is 3. The predicted octanol–water partition coefficient (Wildman–Crippen LogP) is 6.75. The summed E-state index contributed by atoms with van der Waals surface area (Å²) < 4.78 is 6.24. The summed E-state index contributed by atoms with van der Waals surface area (Å²) in [6.07, 6.45) is 1.60. The molecule has 0 radical (unpaired) electrons. The number of aryl methyl sites for hydroxylation is 1. The van der Waals surface area contributed by atoms with E-state index in [-0.39, 0.29) is 17.4 Å². The molecule has 10 heteroatoms. The number of aromatic nitrogens is 1. The normalized spacial score (nSPS) is 11.2.